The first-order valence-electron chi connectivity index (χ1n) is 8.62. The van der Waals surface area contributed by atoms with E-state index >= 15 is 0 Å². The van der Waals surface area contributed by atoms with Gasteiger partial charge in [0.05, 0.1) is 37.0 Å². The van der Waals surface area contributed by atoms with Crippen molar-refractivity contribution in [3.05, 3.63) is 24.0 Å². The molecular formula is C18H21N3O4. The van der Waals surface area contributed by atoms with E-state index < -0.39 is 11.5 Å². The zero-order valence-corrected chi connectivity index (χ0v) is 14.1. The smallest absolute Gasteiger partial charge is 0.307 e. The number of ether oxygens (including phenoxy) is 2. The normalized spacial score (nSPS) is 21.6. The second kappa shape index (κ2) is 6.06. The molecule has 2 fully saturated rings. The third-order valence-electron chi connectivity index (χ3n) is 5.26. The second-order valence-electron chi connectivity index (χ2n) is 6.79. The monoisotopic (exact) mass is 343 g/mol. The van der Waals surface area contributed by atoms with E-state index in [1.807, 2.05) is 18.2 Å². The average Bonchev–Trinajstić information content (AvgIpc) is 3.31. The van der Waals surface area contributed by atoms with Gasteiger partial charge in [0, 0.05) is 6.07 Å². The van der Waals surface area contributed by atoms with Crippen LogP contribution in [0.1, 0.15) is 37.9 Å². The van der Waals surface area contributed by atoms with Crippen LogP contribution in [0.2, 0.25) is 0 Å². The van der Waals surface area contributed by atoms with Gasteiger partial charge in [0.1, 0.15) is 17.2 Å². The lowest BCUT2D eigenvalue weighted by Crippen LogP contribution is -2.42. The summed E-state index contributed by atoms with van der Waals surface area (Å²) in [4.78, 5) is 32.0. The number of nitrogens with zero attached hydrogens (tertiary/aromatic N) is 1. The van der Waals surface area contributed by atoms with Crippen LogP contribution in [0, 0.1) is 5.92 Å². The maximum absolute atomic E-state index is 12.6. The molecule has 1 aromatic heterocycles. The lowest BCUT2D eigenvalue weighted by Gasteiger charge is -2.27. The maximum atomic E-state index is 12.6. The van der Waals surface area contributed by atoms with Crippen molar-refractivity contribution < 1.29 is 19.1 Å². The molecule has 1 spiro atoms. The van der Waals surface area contributed by atoms with Gasteiger partial charge >= 0.3 is 5.97 Å². The van der Waals surface area contributed by atoms with E-state index in [0.29, 0.717) is 5.82 Å². The lowest BCUT2D eigenvalue weighted by atomic mass is 9.85. The molecule has 4 rings (SSSR count). The average molecular weight is 343 g/mol. The first-order valence-corrected chi connectivity index (χ1v) is 8.62. The van der Waals surface area contributed by atoms with Gasteiger partial charge in [0.15, 0.2) is 0 Å². The highest BCUT2D eigenvalue weighted by atomic mass is 16.6. The Balaban J connectivity index is 1.45. The van der Waals surface area contributed by atoms with Crippen LogP contribution < -0.4 is 10.1 Å². The standard InChI is InChI=1S/C18H21N3O4/c1-24-11-4-5-13-14(8-11)21-15(20-13)10-19-17(23)12-9-16(22)25-18(12)6-2-3-7-18/h4-5,8,12H,2-3,6-7,9-10H2,1H3,(H,19,23)(H,20,21)/t12-/m0/s1. The topological polar surface area (TPSA) is 93.3 Å². The van der Waals surface area contributed by atoms with Crippen molar-refractivity contribution in [2.45, 2.75) is 44.2 Å². The van der Waals surface area contributed by atoms with Gasteiger partial charge in [-0.3, -0.25) is 9.59 Å². The molecule has 1 atom stereocenters. The number of fused-ring (bicyclic) bond motifs is 1. The summed E-state index contributed by atoms with van der Waals surface area (Å²) in [6.07, 6.45) is 3.73. The summed E-state index contributed by atoms with van der Waals surface area (Å²) < 4.78 is 10.7. The summed E-state index contributed by atoms with van der Waals surface area (Å²) in [6.45, 7) is 0.288. The second-order valence-corrected chi connectivity index (χ2v) is 6.79. The molecule has 132 valence electrons. The molecule has 7 nitrogen and oxygen atoms in total. The summed E-state index contributed by atoms with van der Waals surface area (Å²) in [7, 11) is 1.61. The van der Waals surface area contributed by atoms with Crippen LogP contribution in [0.25, 0.3) is 11.0 Å². The van der Waals surface area contributed by atoms with Crippen molar-refractivity contribution in [2.24, 2.45) is 5.92 Å². The van der Waals surface area contributed by atoms with E-state index in [1.54, 1.807) is 7.11 Å². The van der Waals surface area contributed by atoms with Crippen LogP contribution in [0.5, 0.6) is 5.75 Å². The van der Waals surface area contributed by atoms with Gasteiger partial charge in [-0.15, -0.1) is 0 Å². The Kier molecular flexibility index (Phi) is 3.86. The number of methoxy groups -OCH3 is 1. The van der Waals surface area contributed by atoms with Crippen LogP contribution in [-0.2, 0) is 20.9 Å². The quantitative estimate of drug-likeness (QED) is 0.829. The van der Waals surface area contributed by atoms with Gasteiger partial charge in [0.25, 0.3) is 0 Å². The van der Waals surface area contributed by atoms with E-state index in [2.05, 4.69) is 15.3 Å². The molecule has 1 amide bonds. The fourth-order valence-electron chi connectivity index (χ4n) is 3.99. The zero-order chi connectivity index (χ0) is 17.4. The SMILES string of the molecule is COc1ccc2nc(CNC(=O)[C@@H]3CC(=O)OC34CCCC4)[nH]c2c1. The number of aromatic amines is 1. The third kappa shape index (κ3) is 2.83. The molecule has 0 unspecified atom stereocenters. The van der Waals surface area contributed by atoms with Gasteiger partial charge in [-0.1, -0.05) is 0 Å². The predicted molar refractivity (Wildman–Crippen MR) is 89.9 cm³/mol. The number of nitrogens with one attached hydrogen (secondary N) is 2. The van der Waals surface area contributed by atoms with Crippen LogP contribution in [0.3, 0.4) is 0 Å². The number of imidazole rings is 1. The van der Waals surface area contributed by atoms with Crippen LogP contribution >= 0.6 is 0 Å². The Bertz CT molecular complexity index is 823. The van der Waals surface area contributed by atoms with E-state index in [0.717, 1.165) is 42.5 Å². The summed E-state index contributed by atoms with van der Waals surface area (Å²) in [6, 6.07) is 5.58. The summed E-state index contributed by atoms with van der Waals surface area (Å²) >= 11 is 0. The van der Waals surface area contributed by atoms with E-state index in [1.165, 1.54) is 0 Å². The largest absolute Gasteiger partial charge is 0.497 e. The van der Waals surface area contributed by atoms with Gasteiger partial charge in [0.2, 0.25) is 5.91 Å². The fraction of sp³-hybridized carbons (Fsp3) is 0.500. The predicted octanol–water partition coefficient (Wildman–Crippen LogP) is 2.06. The molecule has 1 aromatic carbocycles. The number of hydrogen-bond donors (Lipinski definition) is 2. The molecule has 1 saturated heterocycles. The Hall–Kier alpha value is -2.57. The molecule has 1 aliphatic heterocycles. The summed E-state index contributed by atoms with van der Waals surface area (Å²) in [5.74, 6) is 0.620. The van der Waals surface area contributed by atoms with Gasteiger partial charge in [-0.25, -0.2) is 4.98 Å². The van der Waals surface area contributed by atoms with Gasteiger partial charge < -0.3 is 19.8 Å². The van der Waals surface area contributed by atoms with Gasteiger partial charge in [-0.05, 0) is 37.8 Å². The van der Waals surface area contributed by atoms with Crippen molar-refractivity contribution in [2.75, 3.05) is 7.11 Å². The Morgan fingerprint density at radius 3 is 3.00 bits per heavy atom. The van der Waals surface area contributed by atoms with Crippen molar-refractivity contribution in [3.8, 4) is 5.75 Å². The van der Waals surface area contributed by atoms with Gasteiger partial charge in [-0.2, -0.15) is 0 Å². The van der Waals surface area contributed by atoms with E-state index in [9.17, 15) is 9.59 Å². The lowest BCUT2D eigenvalue weighted by molar-refractivity contribution is -0.150. The van der Waals surface area contributed by atoms with Crippen LogP contribution in [0.4, 0.5) is 0 Å². The number of amides is 1. The molecule has 1 aliphatic carbocycles. The Morgan fingerprint density at radius 2 is 2.24 bits per heavy atom. The number of rotatable bonds is 4. The highest BCUT2D eigenvalue weighted by Crippen LogP contribution is 2.45. The number of carbonyl (C=O) groups is 2. The molecular weight excluding hydrogens is 322 g/mol. The minimum absolute atomic E-state index is 0.134. The van der Waals surface area contributed by atoms with Crippen LogP contribution in [-0.4, -0.2) is 34.6 Å². The molecule has 0 radical (unpaired) electrons. The number of H-pyrrole nitrogens is 1. The molecule has 0 bridgehead atoms. The molecule has 2 aromatic rings. The first-order chi connectivity index (χ1) is 12.1. The summed E-state index contributed by atoms with van der Waals surface area (Å²) in [5.41, 5.74) is 1.09. The highest BCUT2D eigenvalue weighted by molar-refractivity contribution is 5.88. The zero-order valence-electron chi connectivity index (χ0n) is 14.1. The molecule has 2 N–H and O–H groups in total. The molecule has 7 heteroatoms. The minimum atomic E-state index is -0.581. The number of hydrogen-bond acceptors (Lipinski definition) is 5. The van der Waals surface area contributed by atoms with E-state index in [4.69, 9.17) is 9.47 Å². The molecule has 2 aliphatic rings. The number of carbonyl (C=O) groups excluding carboxylic acids is 2. The number of benzene rings is 1. The number of aromatic nitrogens is 2. The van der Waals surface area contributed by atoms with Crippen molar-refractivity contribution in [1.82, 2.24) is 15.3 Å². The Labute approximate surface area is 145 Å². The first kappa shape index (κ1) is 15.9. The maximum Gasteiger partial charge on any atom is 0.307 e. The van der Waals surface area contributed by atoms with Crippen molar-refractivity contribution >= 4 is 22.9 Å². The molecule has 2 heterocycles. The van der Waals surface area contributed by atoms with E-state index in [-0.39, 0.29) is 24.8 Å². The minimum Gasteiger partial charge on any atom is -0.497 e. The summed E-state index contributed by atoms with van der Waals surface area (Å²) in [5, 5.41) is 2.91. The highest BCUT2D eigenvalue weighted by Gasteiger charge is 2.53. The molecule has 25 heavy (non-hydrogen) atoms. The number of esters is 1. The Morgan fingerprint density at radius 1 is 1.44 bits per heavy atom. The molecule has 1 saturated carbocycles. The third-order valence-corrected chi connectivity index (χ3v) is 5.26. The van der Waals surface area contributed by atoms with Crippen molar-refractivity contribution in [1.29, 1.82) is 0 Å². The van der Waals surface area contributed by atoms with Crippen molar-refractivity contribution in [3.63, 3.8) is 0 Å². The fourth-order valence-corrected chi connectivity index (χ4v) is 3.99. The van der Waals surface area contributed by atoms with Crippen LogP contribution in [0.15, 0.2) is 18.2 Å².